The Hall–Kier alpha value is -2.69. The first-order valence-electron chi connectivity index (χ1n) is 6.65. The molecule has 0 aliphatic carbocycles. The van der Waals surface area contributed by atoms with Gasteiger partial charge in [0.15, 0.2) is 5.65 Å². The van der Waals surface area contributed by atoms with Gasteiger partial charge in [-0.15, -0.1) is 0 Å². The predicted molar refractivity (Wildman–Crippen MR) is 80.0 cm³/mol. The smallest absolute Gasteiger partial charge is 0.158 e. The molecule has 0 saturated carbocycles. The maximum absolute atomic E-state index is 11.3. The van der Waals surface area contributed by atoms with E-state index >= 15 is 0 Å². The number of phenols is 1. The highest BCUT2D eigenvalue weighted by Gasteiger charge is 2.13. The van der Waals surface area contributed by atoms with Crippen molar-refractivity contribution in [1.82, 2.24) is 14.8 Å². The van der Waals surface area contributed by atoms with Crippen LogP contribution in [0, 0.1) is 0 Å². The predicted octanol–water partition coefficient (Wildman–Crippen LogP) is 2.47. The molecule has 1 aromatic carbocycles. The van der Waals surface area contributed by atoms with Gasteiger partial charge in [0.25, 0.3) is 0 Å². The summed E-state index contributed by atoms with van der Waals surface area (Å²) in [5.41, 5.74) is 3.19. The van der Waals surface area contributed by atoms with Gasteiger partial charge in [-0.1, -0.05) is 12.1 Å². The van der Waals surface area contributed by atoms with Gasteiger partial charge in [-0.2, -0.15) is 5.10 Å². The minimum atomic E-state index is 0.0962. The van der Waals surface area contributed by atoms with Gasteiger partial charge in [-0.3, -0.25) is 4.79 Å². The van der Waals surface area contributed by atoms with E-state index in [2.05, 4.69) is 10.1 Å². The van der Waals surface area contributed by atoms with Crippen molar-refractivity contribution in [3.05, 3.63) is 42.1 Å². The van der Waals surface area contributed by atoms with Gasteiger partial charge in [-0.25, -0.2) is 9.67 Å². The van der Waals surface area contributed by atoms with Gasteiger partial charge < -0.3 is 5.11 Å². The van der Waals surface area contributed by atoms with E-state index in [4.69, 9.17) is 0 Å². The molecule has 1 N–H and O–H groups in total. The van der Waals surface area contributed by atoms with E-state index in [1.54, 1.807) is 36.0 Å². The van der Waals surface area contributed by atoms with Crippen LogP contribution in [0.5, 0.6) is 5.75 Å². The molecular weight excluding hydrogens is 266 g/mol. The van der Waals surface area contributed by atoms with Crippen molar-refractivity contribution in [2.45, 2.75) is 13.3 Å². The zero-order valence-corrected chi connectivity index (χ0v) is 11.9. The van der Waals surface area contributed by atoms with E-state index in [9.17, 15) is 9.90 Å². The Morgan fingerprint density at radius 2 is 2.14 bits per heavy atom. The molecule has 5 nitrogen and oxygen atoms in total. The van der Waals surface area contributed by atoms with Crippen LogP contribution >= 0.6 is 0 Å². The average molecular weight is 281 g/mol. The second-order valence-corrected chi connectivity index (χ2v) is 5.12. The van der Waals surface area contributed by atoms with Crippen molar-refractivity contribution in [2.75, 3.05) is 0 Å². The number of benzene rings is 1. The lowest BCUT2D eigenvalue weighted by atomic mass is 10.1. The number of aryl methyl sites for hydroxylation is 1. The molecule has 3 rings (SSSR count). The lowest BCUT2D eigenvalue weighted by molar-refractivity contribution is -0.116. The van der Waals surface area contributed by atoms with Gasteiger partial charge in [0.05, 0.1) is 0 Å². The number of hydrogen-bond acceptors (Lipinski definition) is 4. The second kappa shape index (κ2) is 5.01. The molecule has 0 atom stereocenters. The molecule has 0 radical (unpaired) electrons. The largest absolute Gasteiger partial charge is 0.508 e. The SMILES string of the molecule is CC(=O)Cc1cnc2c(c1)c(-c1cccc(O)c1)nn2C. The number of pyridine rings is 1. The van der Waals surface area contributed by atoms with Crippen molar-refractivity contribution in [1.29, 1.82) is 0 Å². The number of carbonyl (C=O) groups excluding carboxylic acids is 1. The van der Waals surface area contributed by atoms with E-state index < -0.39 is 0 Å². The van der Waals surface area contributed by atoms with Crippen LogP contribution in [-0.4, -0.2) is 25.7 Å². The molecule has 0 unspecified atom stereocenters. The van der Waals surface area contributed by atoms with Gasteiger partial charge >= 0.3 is 0 Å². The molecule has 0 bridgehead atoms. The first-order valence-corrected chi connectivity index (χ1v) is 6.65. The van der Waals surface area contributed by atoms with E-state index in [1.165, 1.54) is 0 Å². The highest BCUT2D eigenvalue weighted by molar-refractivity contribution is 5.92. The maximum Gasteiger partial charge on any atom is 0.158 e. The van der Waals surface area contributed by atoms with Crippen LogP contribution in [0.2, 0.25) is 0 Å². The highest BCUT2D eigenvalue weighted by Crippen LogP contribution is 2.29. The Bertz CT molecular complexity index is 837. The van der Waals surface area contributed by atoms with Crippen LogP contribution in [0.25, 0.3) is 22.3 Å². The van der Waals surface area contributed by atoms with Crippen molar-refractivity contribution < 1.29 is 9.90 Å². The van der Waals surface area contributed by atoms with Crippen molar-refractivity contribution >= 4 is 16.8 Å². The number of nitrogens with zero attached hydrogens (tertiary/aromatic N) is 3. The summed E-state index contributed by atoms with van der Waals surface area (Å²) in [4.78, 5) is 15.7. The fourth-order valence-electron chi connectivity index (χ4n) is 2.43. The third-order valence-electron chi connectivity index (χ3n) is 3.31. The Morgan fingerprint density at radius 3 is 2.86 bits per heavy atom. The van der Waals surface area contributed by atoms with E-state index in [0.29, 0.717) is 6.42 Å². The summed E-state index contributed by atoms with van der Waals surface area (Å²) in [5, 5.41) is 15.0. The van der Waals surface area contributed by atoms with E-state index in [0.717, 1.165) is 27.9 Å². The summed E-state index contributed by atoms with van der Waals surface area (Å²) in [6.45, 7) is 1.56. The third-order valence-corrected chi connectivity index (χ3v) is 3.31. The molecule has 3 aromatic rings. The number of carbonyl (C=O) groups is 1. The first kappa shape index (κ1) is 13.3. The monoisotopic (exact) mass is 281 g/mol. The Morgan fingerprint density at radius 1 is 1.33 bits per heavy atom. The molecular formula is C16H15N3O2. The summed E-state index contributed by atoms with van der Waals surface area (Å²) in [7, 11) is 1.83. The van der Waals surface area contributed by atoms with Crippen molar-refractivity contribution in [2.24, 2.45) is 7.05 Å². The Labute approximate surface area is 121 Å². The summed E-state index contributed by atoms with van der Waals surface area (Å²) in [6, 6.07) is 8.89. The first-order chi connectivity index (χ1) is 10.0. The molecule has 2 heterocycles. The van der Waals surface area contributed by atoms with E-state index in [-0.39, 0.29) is 11.5 Å². The van der Waals surface area contributed by atoms with Crippen LogP contribution < -0.4 is 0 Å². The number of ketones is 1. The maximum atomic E-state index is 11.3. The van der Waals surface area contributed by atoms with Crippen LogP contribution in [0.1, 0.15) is 12.5 Å². The molecule has 0 amide bonds. The lowest BCUT2D eigenvalue weighted by Gasteiger charge is -2.01. The number of aromatic nitrogens is 3. The Balaban J connectivity index is 2.20. The molecule has 0 aliphatic heterocycles. The van der Waals surface area contributed by atoms with Crippen LogP contribution in [0.3, 0.4) is 0 Å². The van der Waals surface area contributed by atoms with Crippen molar-refractivity contribution in [3.63, 3.8) is 0 Å². The highest BCUT2D eigenvalue weighted by atomic mass is 16.3. The Kier molecular flexibility index (Phi) is 3.17. The zero-order valence-electron chi connectivity index (χ0n) is 11.9. The molecule has 0 aliphatic rings. The normalized spacial score (nSPS) is 11.0. The van der Waals surface area contributed by atoms with Crippen LogP contribution in [0.15, 0.2) is 36.5 Å². The number of Topliss-reactive ketones (excluding diaryl/α,β-unsaturated/α-hetero) is 1. The third kappa shape index (κ3) is 2.50. The topological polar surface area (TPSA) is 68.0 Å². The molecule has 0 spiro atoms. The number of hydrogen-bond donors (Lipinski definition) is 1. The fraction of sp³-hybridized carbons (Fsp3) is 0.188. The second-order valence-electron chi connectivity index (χ2n) is 5.12. The minimum Gasteiger partial charge on any atom is -0.508 e. The summed E-state index contributed by atoms with van der Waals surface area (Å²) >= 11 is 0. The van der Waals surface area contributed by atoms with Gasteiger partial charge in [-0.05, 0) is 30.7 Å². The molecule has 0 fully saturated rings. The summed E-state index contributed by atoms with van der Waals surface area (Å²) in [6.07, 6.45) is 2.06. The summed E-state index contributed by atoms with van der Waals surface area (Å²) < 4.78 is 1.70. The zero-order chi connectivity index (χ0) is 15.0. The van der Waals surface area contributed by atoms with Crippen LogP contribution in [-0.2, 0) is 18.3 Å². The average Bonchev–Trinajstić information content (AvgIpc) is 2.75. The lowest BCUT2D eigenvalue weighted by Crippen LogP contribution is -1.97. The van der Waals surface area contributed by atoms with E-state index in [1.807, 2.05) is 19.2 Å². The molecule has 21 heavy (non-hydrogen) atoms. The quantitative estimate of drug-likeness (QED) is 0.800. The van der Waals surface area contributed by atoms with Gasteiger partial charge in [0.2, 0.25) is 0 Å². The molecule has 0 saturated heterocycles. The fourth-order valence-corrected chi connectivity index (χ4v) is 2.43. The molecule has 2 aromatic heterocycles. The van der Waals surface area contributed by atoms with Crippen LogP contribution in [0.4, 0.5) is 0 Å². The standard InChI is InChI=1S/C16H15N3O2/c1-10(20)6-11-7-14-15(12-4-3-5-13(21)8-12)18-19(2)16(14)17-9-11/h3-5,7-9,21H,6H2,1-2H3. The number of rotatable bonds is 3. The summed E-state index contributed by atoms with van der Waals surface area (Å²) in [5.74, 6) is 0.290. The van der Waals surface area contributed by atoms with Crippen molar-refractivity contribution in [3.8, 4) is 17.0 Å². The number of fused-ring (bicyclic) bond motifs is 1. The van der Waals surface area contributed by atoms with Gasteiger partial charge in [0, 0.05) is 30.6 Å². The van der Waals surface area contributed by atoms with Gasteiger partial charge in [0.1, 0.15) is 17.2 Å². The minimum absolute atomic E-state index is 0.0962. The number of phenolic OH excluding ortho intramolecular Hbond substituents is 1. The molecule has 5 heteroatoms. The number of aromatic hydroxyl groups is 1. The molecule has 106 valence electrons.